The van der Waals surface area contributed by atoms with Crippen LogP contribution < -0.4 is 5.32 Å². The fourth-order valence-corrected chi connectivity index (χ4v) is 3.67. The number of hydrogen-bond donors (Lipinski definition) is 1. The van der Waals surface area contributed by atoms with Crippen molar-refractivity contribution in [2.45, 2.75) is 58.1 Å². The van der Waals surface area contributed by atoms with Gasteiger partial charge < -0.3 is 10.1 Å². The van der Waals surface area contributed by atoms with Crippen molar-refractivity contribution < 1.29 is 9.53 Å². The normalized spacial score (nSPS) is 26.0. The van der Waals surface area contributed by atoms with Gasteiger partial charge in [-0.15, -0.1) is 0 Å². The zero-order valence-corrected chi connectivity index (χ0v) is 12.9. The Morgan fingerprint density at radius 1 is 1.48 bits per heavy atom. The molecule has 2 aliphatic carbocycles. The maximum atomic E-state index is 12.2. The molecule has 2 saturated carbocycles. The Balaban J connectivity index is 1.55. The van der Waals surface area contributed by atoms with Crippen molar-refractivity contribution in [1.82, 2.24) is 10.3 Å². The van der Waals surface area contributed by atoms with Gasteiger partial charge in [0.1, 0.15) is 0 Å². The Hall–Kier alpha value is -1.42. The molecule has 0 aliphatic heterocycles. The first-order valence-electron chi connectivity index (χ1n) is 7.96. The van der Waals surface area contributed by atoms with Gasteiger partial charge in [-0.2, -0.15) is 0 Å². The number of aromatic nitrogens is 1. The van der Waals surface area contributed by atoms with Crippen molar-refractivity contribution in [3.8, 4) is 0 Å². The van der Waals surface area contributed by atoms with E-state index in [1.165, 1.54) is 19.3 Å². The van der Waals surface area contributed by atoms with E-state index in [2.05, 4.69) is 10.3 Å². The molecule has 3 rings (SSSR count). The van der Waals surface area contributed by atoms with E-state index in [4.69, 9.17) is 4.74 Å². The van der Waals surface area contributed by atoms with Gasteiger partial charge >= 0.3 is 0 Å². The summed E-state index contributed by atoms with van der Waals surface area (Å²) in [6, 6.07) is 4.23. The van der Waals surface area contributed by atoms with Crippen LogP contribution in [0.15, 0.2) is 18.3 Å². The molecule has 4 heteroatoms. The highest BCUT2D eigenvalue weighted by molar-refractivity contribution is 5.79. The van der Waals surface area contributed by atoms with Crippen LogP contribution >= 0.6 is 0 Å². The third-order valence-electron chi connectivity index (χ3n) is 5.11. The highest BCUT2D eigenvalue weighted by Gasteiger charge is 2.59. The van der Waals surface area contributed by atoms with Crippen molar-refractivity contribution in [2.24, 2.45) is 5.41 Å². The van der Waals surface area contributed by atoms with E-state index in [1.807, 2.05) is 26.0 Å². The Labute approximate surface area is 126 Å². The van der Waals surface area contributed by atoms with Gasteiger partial charge in [-0.3, -0.25) is 9.78 Å². The summed E-state index contributed by atoms with van der Waals surface area (Å²) >= 11 is 0. The Kier molecular flexibility index (Phi) is 3.98. The lowest BCUT2D eigenvalue weighted by molar-refractivity contribution is -0.175. The molecule has 0 unspecified atom stereocenters. The predicted octanol–water partition coefficient (Wildman–Crippen LogP) is 2.40. The van der Waals surface area contributed by atoms with Crippen LogP contribution in [0.3, 0.4) is 0 Å². The van der Waals surface area contributed by atoms with Crippen LogP contribution in [0, 0.1) is 12.3 Å². The fourth-order valence-electron chi connectivity index (χ4n) is 3.67. The zero-order valence-electron chi connectivity index (χ0n) is 12.9. The topological polar surface area (TPSA) is 51.2 Å². The van der Waals surface area contributed by atoms with Gasteiger partial charge in [-0.25, -0.2) is 0 Å². The summed E-state index contributed by atoms with van der Waals surface area (Å²) in [4.78, 5) is 16.5. The zero-order chi connectivity index (χ0) is 14.9. The van der Waals surface area contributed by atoms with E-state index >= 15 is 0 Å². The second-order valence-electron chi connectivity index (χ2n) is 6.37. The summed E-state index contributed by atoms with van der Waals surface area (Å²) in [6.07, 6.45) is 7.16. The molecule has 1 spiro atoms. The summed E-state index contributed by atoms with van der Waals surface area (Å²) in [7, 11) is 0. The molecule has 2 fully saturated rings. The molecule has 1 amide bonds. The van der Waals surface area contributed by atoms with Crippen LogP contribution in [0.25, 0.3) is 0 Å². The summed E-state index contributed by atoms with van der Waals surface area (Å²) < 4.78 is 5.82. The SMILES string of the molecule is CCO[C@H]1C[C@@H](NC(=O)Cc2ccc(C)nc2)C12CCC2. The Morgan fingerprint density at radius 2 is 2.29 bits per heavy atom. The number of nitrogens with zero attached hydrogens (tertiary/aromatic N) is 1. The van der Waals surface area contributed by atoms with Crippen LogP contribution in [0.4, 0.5) is 0 Å². The molecular weight excluding hydrogens is 264 g/mol. The lowest BCUT2D eigenvalue weighted by Gasteiger charge is -2.61. The highest BCUT2D eigenvalue weighted by Crippen LogP contribution is 2.57. The first kappa shape index (κ1) is 14.5. The molecule has 2 atom stereocenters. The first-order valence-corrected chi connectivity index (χ1v) is 7.96. The quantitative estimate of drug-likeness (QED) is 0.905. The number of ether oxygens (including phenoxy) is 1. The van der Waals surface area contributed by atoms with Crippen molar-refractivity contribution in [2.75, 3.05) is 6.61 Å². The molecule has 0 aromatic carbocycles. The molecular formula is C17H24N2O2. The van der Waals surface area contributed by atoms with Gasteiger partial charge in [-0.05, 0) is 44.7 Å². The summed E-state index contributed by atoms with van der Waals surface area (Å²) in [6.45, 7) is 4.76. The molecule has 21 heavy (non-hydrogen) atoms. The van der Waals surface area contributed by atoms with Crippen LogP contribution in [0.5, 0.6) is 0 Å². The summed E-state index contributed by atoms with van der Waals surface area (Å²) in [5.74, 6) is 0.104. The van der Waals surface area contributed by atoms with Gasteiger partial charge in [0.25, 0.3) is 0 Å². The van der Waals surface area contributed by atoms with Gasteiger partial charge in [0.2, 0.25) is 5.91 Å². The van der Waals surface area contributed by atoms with Crippen molar-refractivity contribution in [3.05, 3.63) is 29.6 Å². The number of carbonyl (C=O) groups excluding carboxylic acids is 1. The van der Waals surface area contributed by atoms with E-state index in [1.54, 1.807) is 6.20 Å². The number of carbonyl (C=O) groups is 1. The number of nitrogens with one attached hydrogen (secondary N) is 1. The van der Waals surface area contributed by atoms with Crippen LogP contribution in [0.2, 0.25) is 0 Å². The maximum Gasteiger partial charge on any atom is 0.224 e. The average molecular weight is 288 g/mol. The van der Waals surface area contributed by atoms with Crippen LogP contribution in [-0.4, -0.2) is 29.6 Å². The van der Waals surface area contributed by atoms with E-state index in [0.29, 0.717) is 18.6 Å². The number of pyridine rings is 1. The third-order valence-corrected chi connectivity index (χ3v) is 5.11. The van der Waals surface area contributed by atoms with Crippen LogP contribution in [-0.2, 0) is 16.0 Å². The molecule has 1 aromatic heterocycles. The molecule has 114 valence electrons. The molecule has 0 saturated heterocycles. The highest BCUT2D eigenvalue weighted by atomic mass is 16.5. The van der Waals surface area contributed by atoms with E-state index in [9.17, 15) is 4.79 Å². The largest absolute Gasteiger partial charge is 0.378 e. The minimum Gasteiger partial charge on any atom is -0.378 e. The van der Waals surface area contributed by atoms with Crippen LogP contribution in [0.1, 0.15) is 43.9 Å². The first-order chi connectivity index (χ1) is 10.1. The van der Waals surface area contributed by atoms with Crippen molar-refractivity contribution >= 4 is 5.91 Å². The lowest BCUT2D eigenvalue weighted by Crippen LogP contribution is -2.67. The minimum atomic E-state index is 0.104. The number of hydrogen-bond acceptors (Lipinski definition) is 3. The standard InChI is InChI=1S/C17H24N2O2/c1-3-21-15-10-14(17(15)7-4-8-17)19-16(20)9-13-6-5-12(2)18-11-13/h5-6,11,14-15H,3-4,7-10H2,1-2H3,(H,19,20)/t14-,15+/m1/s1. The fraction of sp³-hybridized carbons (Fsp3) is 0.647. The van der Waals surface area contributed by atoms with E-state index < -0.39 is 0 Å². The Morgan fingerprint density at radius 3 is 2.86 bits per heavy atom. The molecule has 1 aromatic rings. The van der Waals surface area contributed by atoms with Gasteiger partial charge in [0, 0.05) is 30.0 Å². The second-order valence-corrected chi connectivity index (χ2v) is 6.37. The lowest BCUT2D eigenvalue weighted by atomic mass is 9.51. The molecule has 0 bridgehead atoms. The van der Waals surface area contributed by atoms with Crippen molar-refractivity contribution in [1.29, 1.82) is 0 Å². The third kappa shape index (κ3) is 2.69. The molecule has 1 heterocycles. The maximum absolute atomic E-state index is 12.2. The average Bonchev–Trinajstić information content (AvgIpc) is 2.38. The van der Waals surface area contributed by atoms with E-state index in [-0.39, 0.29) is 11.3 Å². The van der Waals surface area contributed by atoms with Gasteiger partial charge in [-0.1, -0.05) is 12.5 Å². The Bertz CT molecular complexity index is 508. The second kappa shape index (κ2) is 5.76. The van der Waals surface area contributed by atoms with Crippen molar-refractivity contribution in [3.63, 3.8) is 0 Å². The molecule has 1 N–H and O–H groups in total. The molecule has 4 nitrogen and oxygen atoms in total. The summed E-state index contributed by atoms with van der Waals surface area (Å²) in [5, 5.41) is 3.21. The predicted molar refractivity (Wildman–Crippen MR) is 80.9 cm³/mol. The number of amides is 1. The van der Waals surface area contributed by atoms with E-state index in [0.717, 1.165) is 24.3 Å². The smallest absolute Gasteiger partial charge is 0.224 e. The molecule has 0 radical (unpaired) electrons. The minimum absolute atomic E-state index is 0.104. The number of rotatable bonds is 5. The van der Waals surface area contributed by atoms with Gasteiger partial charge in [0.05, 0.1) is 12.5 Å². The molecule has 2 aliphatic rings. The summed E-state index contributed by atoms with van der Waals surface area (Å²) in [5.41, 5.74) is 2.18. The number of aryl methyl sites for hydroxylation is 1. The monoisotopic (exact) mass is 288 g/mol. The van der Waals surface area contributed by atoms with Gasteiger partial charge in [0.15, 0.2) is 0 Å².